The molecular formula is C12H10Cl2FN3O. The van der Waals surface area contributed by atoms with Crippen LogP contribution in [0.5, 0.6) is 5.75 Å². The quantitative estimate of drug-likeness (QED) is 0.903. The maximum Gasteiger partial charge on any atom is 0.167 e. The predicted molar refractivity (Wildman–Crippen MR) is 74.9 cm³/mol. The lowest BCUT2D eigenvalue weighted by atomic mass is 10.3. The van der Waals surface area contributed by atoms with Crippen molar-refractivity contribution < 1.29 is 9.13 Å². The number of nitrogens with one attached hydrogen (secondary N) is 1. The molecule has 0 spiro atoms. The number of rotatable bonds is 3. The largest absolute Gasteiger partial charge is 0.494 e. The number of nitrogens with zero attached hydrogens (tertiary/aromatic N) is 1. The summed E-state index contributed by atoms with van der Waals surface area (Å²) in [6.07, 6.45) is 0. The molecule has 4 nitrogen and oxygen atoms in total. The Morgan fingerprint density at radius 3 is 2.63 bits per heavy atom. The van der Waals surface area contributed by atoms with Gasteiger partial charge in [0.15, 0.2) is 17.4 Å². The number of aromatic nitrogens is 1. The number of nitrogens with two attached hydrogens (primary N) is 1. The lowest BCUT2D eigenvalue weighted by Gasteiger charge is -2.10. The number of benzene rings is 1. The van der Waals surface area contributed by atoms with Crippen LogP contribution in [0.4, 0.5) is 21.7 Å². The first-order valence-corrected chi connectivity index (χ1v) is 5.99. The van der Waals surface area contributed by atoms with E-state index in [0.29, 0.717) is 11.5 Å². The van der Waals surface area contributed by atoms with Gasteiger partial charge < -0.3 is 15.8 Å². The summed E-state index contributed by atoms with van der Waals surface area (Å²) in [7, 11) is 1.39. The minimum absolute atomic E-state index is 0.141. The van der Waals surface area contributed by atoms with Crippen LogP contribution in [0.15, 0.2) is 24.3 Å². The van der Waals surface area contributed by atoms with E-state index in [2.05, 4.69) is 10.3 Å². The van der Waals surface area contributed by atoms with Gasteiger partial charge in [-0.25, -0.2) is 9.37 Å². The van der Waals surface area contributed by atoms with E-state index in [-0.39, 0.29) is 21.6 Å². The minimum atomic E-state index is -0.495. The molecule has 1 aromatic heterocycles. The average Bonchev–Trinajstić information content (AvgIpc) is 2.36. The van der Waals surface area contributed by atoms with E-state index < -0.39 is 5.82 Å². The van der Waals surface area contributed by atoms with Crippen molar-refractivity contribution in [2.75, 3.05) is 18.2 Å². The highest BCUT2D eigenvalue weighted by molar-refractivity contribution is 6.37. The smallest absolute Gasteiger partial charge is 0.167 e. The van der Waals surface area contributed by atoms with E-state index in [4.69, 9.17) is 33.7 Å². The number of methoxy groups -OCH3 is 1. The molecule has 100 valence electrons. The molecule has 7 heteroatoms. The lowest BCUT2D eigenvalue weighted by Crippen LogP contribution is -1.99. The highest BCUT2D eigenvalue weighted by Gasteiger charge is 2.09. The Morgan fingerprint density at radius 1 is 1.26 bits per heavy atom. The number of nitrogen functional groups attached to an aromatic ring is 1. The zero-order valence-corrected chi connectivity index (χ0v) is 11.4. The molecule has 0 aliphatic rings. The molecule has 19 heavy (non-hydrogen) atoms. The van der Waals surface area contributed by atoms with Crippen LogP contribution < -0.4 is 15.8 Å². The molecule has 0 unspecified atom stereocenters. The van der Waals surface area contributed by atoms with Gasteiger partial charge in [0.1, 0.15) is 5.82 Å². The molecule has 0 saturated carbocycles. The maximum atomic E-state index is 13.5. The minimum Gasteiger partial charge on any atom is -0.494 e. The molecule has 2 rings (SSSR count). The number of halogens is 3. The summed E-state index contributed by atoms with van der Waals surface area (Å²) in [5.41, 5.74) is 6.05. The van der Waals surface area contributed by atoms with E-state index >= 15 is 0 Å². The van der Waals surface area contributed by atoms with E-state index in [1.165, 1.54) is 25.3 Å². The summed E-state index contributed by atoms with van der Waals surface area (Å²) in [4.78, 5) is 3.99. The standard InChI is InChI=1S/C12H10Cl2FN3O/c1-19-10-3-2-6(4-9(10)15)17-12-8(14)5-7(13)11(16)18-12/h2-5H,1H3,(H3,16,17,18). The van der Waals surface area contributed by atoms with Crippen molar-refractivity contribution in [2.45, 2.75) is 0 Å². The van der Waals surface area contributed by atoms with Gasteiger partial charge in [0.05, 0.1) is 17.2 Å². The van der Waals surface area contributed by atoms with Gasteiger partial charge in [-0.1, -0.05) is 23.2 Å². The molecule has 3 N–H and O–H groups in total. The van der Waals surface area contributed by atoms with Gasteiger partial charge >= 0.3 is 0 Å². The topological polar surface area (TPSA) is 60.2 Å². The van der Waals surface area contributed by atoms with Gasteiger partial charge in [0, 0.05) is 11.8 Å². The summed E-state index contributed by atoms with van der Waals surface area (Å²) in [6.45, 7) is 0. The van der Waals surface area contributed by atoms with Crippen LogP contribution in [-0.4, -0.2) is 12.1 Å². The normalized spacial score (nSPS) is 10.3. The van der Waals surface area contributed by atoms with Crippen LogP contribution in [0, 0.1) is 5.82 Å². The third kappa shape index (κ3) is 3.00. The van der Waals surface area contributed by atoms with Crippen molar-refractivity contribution in [2.24, 2.45) is 0 Å². The van der Waals surface area contributed by atoms with Gasteiger partial charge in [-0.15, -0.1) is 0 Å². The Kier molecular flexibility index (Phi) is 3.97. The third-order valence-corrected chi connectivity index (χ3v) is 2.96. The molecular weight excluding hydrogens is 292 g/mol. The zero-order chi connectivity index (χ0) is 14.0. The fourth-order valence-electron chi connectivity index (χ4n) is 1.45. The van der Waals surface area contributed by atoms with Gasteiger partial charge in [-0.05, 0) is 18.2 Å². The molecule has 1 aromatic carbocycles. The van der Waals surface area contributed by atoms with Gasteiger partial charge in [-0.2, -0.15) is 0 Å². The number of hydrogen-bond donors (Lipinski definition) is 2. The number of ether oxygens (including phenoxy) is 1. The Labute approximate surface area is 119 Å². The Bertz CT molecular complexity index is 622. The summed E-state index contributed by atoms with van der Waals surface area (Å²) in [6, 6.07) is 5.85. The van der Waals surface area contributed by atoms with Gasteiger partial charge in [0.2, 0.25) is 0 Å². The summed E-state index contributed by atoms with van der Waals surface area (Å²) in [5, 5.41) is 3.40. The first kappa shape index (κ1) is 13.7. The van der Waals surface area contributed by atoms with Crippen molar-refractivity contribution >= 4 is 40.5 Å². The molecule has 0 atom stereocenters. The Balaban J connectivity index is 2.31. The van der Waals surface area contributed by atoms with E-state index in [1.807, 2.05) is 0 Å². The predicted octanol–water partition coefficient (Wildman–Crippen LogP) is 3.86. The lowest BCUT2D eigenvalue weighted by molar-refractivity contribution is 0.386. The fourth-order valence-corrected chi connectivity index (χ4v) is 1.86. The summed E-state index contributed by atoms with van der Waals surface area (Å²) < 4.78 is 18.4. The van der Waals surface area contributed by atoms with E-state index in [9.17, 15) is 4.39 Å². The van der Waals surface area contributed by atoms with Crippen molar-refractivity contribution in [1.29, 1.82) is 0 Å². The van der Waals surface area contributed by atoms with Crippen molar-refractivity contribution in [3.8, 4) is 5.75 Å². The maximum absolute atomic E-state index is 13.5. The molecule has 0 aliphatic heterocycles. The summed E-state index contributed by atoms with van der Waals surface area (Å²) >= 11 is 11.7. The van der Waals surface area contributed by atoms with Crippen LogP contribution in [0.2, 0.25) is 10.0 Å². The summed E-state index contributed by atoms with van der Waals surface area (Å²) in [5.74, 6) is 0.0986. The van der Waals surface area contributed by atoms with E-state index in [1.54, 1.807) is 6.07 Å². The molecule has 2 aromatic rings. The molecule has 0 saturated heterocycles. The second-order valence-corrected chi connectivity index (χ2v) is 4.47. The van der Waals surface area contributed by atoms with Crippen molar-refractivity contribution in [1.82, 2.24) is 4.98 Å². The van der Waals surface area contributed by atoms with Crippen molar-refractivity contribution in [3.63, 3.8) is 0 Å². The average molecular weight is 302 g/mol. The second-order valence-electron chi connectivity index (χ2n) is 3.66. The molecule has 0 radical (unpaired) electrons. The molecule has 0 aliphatic carbocycles. The van der Waals surface area contributed by atoms with Crippen molar-refractivity contribution in [3.05, 3.63) is 40.1 Å². The SMILES string of the molecule is COc1ccc(Nc2nc(N)c(Cl)cc2Cl)cc1F. The third-order valence-electron chi connectivity index (χ3n) is 2.37. The highest BCUT2D eigenvalue weighted by Crippen LogP contribution is 2.30. The second kappa shape index (κ2) is 5.50. The zero-order valence-electron chi connectivity index (χ0n) is 9.88. The van der Waals surface area contributed by atoms with Crippen LogP contribution >= 0.6 is 23.2 Å². The molecule has 0 fully saturated rings. The molecule has 1 heterocycles. The van der Waals surface area contributed by atoms with Crippen LogP contribution in [0.25, 0.3) is 0 Å². The first-order chi connectivity index (χ1) is 9.01. The number of pyridine rings is 1. The number of hydrogen-bond acceptors (Lipinski definition) is 4. The van der Waals surface area contributed by atoms with Crippen LogP contribution in [0.1, 0.15) is 0 Å². The van der Waals surface area contributed by atoms with Gasteiger partial charge in [0.25, 0.3) is 0 Å². The first-order valence-electron chi connectivity index (χ1n) is 5.23. The van der Waals surface area contributed by atoms with Gasteiger partial charge in [-0.3, -0.25) is 0 Å². The molecule has 0 amide bonds. The Hall–Kier alpha value is -1.72. The number of anilines is 3. The monoisotopic (exact) mass is 301 g/mol. The molecule has 0 bridgehead atoms. The fraction of sp³-hybridized carbons (Fsp3) is 0.0833. The van der Waals surface area contributed by atoms with Crippen LogP contribution in [-0.2, 0) is 0 Å². The van der Waals surface area contributed by atoms with Crippen LogP contribution in [0.3, 0.4) is 0 Å². The highest BCUT2D eigenvalue weighted by atomic mass is 35.5. The Morgan fingerprint density at radius 2 is 2.00 bits per heavy atom. The van der Waals surface area contributed by atoms with E-state index in [0.717, 1.165) is 0 Å².